The van der Waals surface area contributed by atoms with E-state index >= 15 is 0 Å². The zero-order valence-corrected chi connectivity index (χ0v) is 11.2. The van der Waals surface area contributed by atoms with Crippen LogP contribution in [0.4, 0.5) is 0 Å². The van der Waals surface area contributed by atoms with Gasteiger partial charge >= 0.3 is 5.97 Å². The van der Waals surface area contributed by atoms with E-state index < -0.39 is 22.5 Å². The van der Waals surface area contributed by atoms with Crippen LogP contribution >= 0.6 is 0 Å². The molecule has 0 saturated heterocycles. The first kappa shape index (κ1) is 14.7. The first-order valence-corrected chi connectivity index (χ1v) is 7.05. The molecule has 0 radical (unpaired) electrons. The predicted molar refractivity (Wildman–Crippen MR) is 67.7 cm³/mol. The maximum atomic E-state index is 12.3. The molecule has 1 aromatic rings. The Morgan fingerprint density at radius 3 is 2.28 bits per heavy atom. The number of hydrogen-bond acceptors (Lipinski definition) is 3. The van der Waals surface area contributed by atoms with Crippen molar-refractivity contribution in [3.05, 3.63) is 30.3 Å². The van der Waals surface area contributed by atoms with E-state index in [1.165, 1.54) is 12.1 Å². The van der Waals surface area contributed by atoms with Crippen LogP contribution in [0.5, 0.6) is 0 Å². The Kier molecular flexibility index (Phi) is 4.86. The van der Waals surface area contributed by atoms with Crippen LogP contribution in [0.2, 0.25) is 0 Å². The van der Waals surface area contributed by atoms with E-state index in [0.29, 0.717) is 0 Å². The van der Waals surface area contributed by atoms with Gasteiger partial charge in [-0.25, -0.2) is 8.42 Å². The summed E-state index contributed by atoms with van der Waals surface area (Å²) in [5.41, 5.74) is 0. The number of hydrogen-bond donors (Lipinski definition) is 1. The molecule has 0 spiro atoms. The number of benzene rings is 1. The summed E-state index contributed by atoms with van der Waals surface area (Å²) in [7, 11) is -3.74. The average Bonchev–Trinajstić information content (AvgIpc) is 2.28. The van der Waals surface area contributed by atoms with E-state index in [9.17, 15) is 13.2 Å². The van der Waals surface area contributed by atoms with Gasteiger partial charge in [-0.05, 0) is 18.1 Å². The SMILES string of the molecule is CC(C)CN(CC(=O)O)S(=O)(=O)c1ccccc1. The van der Waals surface area contributed by atoms with Crippen molar-refractivity contribution >= 4 is 16.0 Å². The van der Waals surface area contributed by atoms with Gasteiger partial charge in [-0.3, -0.25) is 4.79 Å². The summed E-state index contributed by atoms with van der Waals surface area (Å²) in [6.45, 7) is 3.35. The third kappa shape index (κ3) is 3.82. The van der Waals surface area contributed by atoms with E-state index in [1.54, 1.807) is 18.2 Å². The van der Waals surface area contributed by atoms with E-state index in [2.05, 4.69) is 0 Å². The molecule has 1 aromatic carbocycles. The number of carboxylic acids is 1. The number of sulfonamides is 1. The minimum Gasteiger partial charge on any atom is -0.480 e. The highest BCUT2D eigenvalue weighted by atomic mass is 32.2. The second-order valence-electron chi connectivity index (χ2n) is 4.40. The molecule has 0 aromatic heterocycles. The zero-order chi connectivity index (χ0) is 13.8. The maximum absolute atomic E-state index is 12.3. The third-order valence-corrected chi connectivity index (χ3v) is 4.09. The standard InChI is InChI=1S/C12H17NO4S/c1-10(2)8-13(9-12(14)15)18(16,17)11-6-4-3-5-7-11/h3-7,10H,8-9H2,1-2H3,(H,14,15). The van der Waals surface area contributed by atoms with Crippen molar-refractivity contribution in [3.63, 3.8) is 0 Å². The van der Waals surface area contributed by atoms with Crippen molar-refractivity contribution < 1.29 is 18.3 Å². The van der Waals surface area contributed by atoms with Crippen molar-refractivity contribution in [2.24, 2.45) is 5.92 Å². The highest BCUT2D eigenvalue weighted by molar-refractivity contribution is 7.89. The Hall–Kier alpha value is -1.40. The van der Waals surface area contributed by atoms with Crippen LogP contribution in [0, 0.1) is 5.92 Å². The smallest absolute Gasteiger partial charge is 0.318 e. The van der Waals surface area contributed by atoms with Crippen LogP contribution in [-0.4, -0.2) is 36.9 Å². The van der Waals surface area contributed by atoms with Gasteiger partial charge in [0, 0.05) is 6.54 Å². The lowest BCUT2D eigenvalue weighted by Crippen LogP contribution is -2.38. The molecule has 0 unspecified atom stereocenters. The molecule has 0 aliphatic rings. The Bertz CT molecular complexity index is 496. The Morgan fingerprint density at radius 2 is 1.83 bits per heavy atom. The topological polar surface area (TPSA) is 74.7 Å². The van der Waals surface area contributed by atoms with Gasteiger partial charge in [0.2, 0.25) is 10.0 Å². The summed E-state index contributed by atoms with van der Waals surface area (Å²) in [6, 6.07) is 7.86. The number of nitrogens with zero attached hydrogens (tertiary/aromatic N) is 1. The van der Waals surface area contributed by atoms with Crippen molar-refractivity contribution in [2.75, 3.05) is 13.1 Å². The van der Waals surface area contributed by atoms with Crippen LogP contribution in [0.3, 0.4) is 0 Å². The largest absolute Gasteiger partial charge is 0.480 e. The van der Waals surface area contributed by atoms with Gasteiger partial charge in [-0.15, -0.1) is 0 Å². The minimum absolute atomic E-state index is 0.0582. The lowest BCUT2D eigenvalue weighted by Gasteiger charge is -2.22. The Morgan fingerprint density at radius 1 is 1.28 bits per heavy atom. The molecule has 1 rings (SSSR count). The quantitative estimate of drug-likeness (QED) is 0.849. The second kappa shape index (κ2) is 5.97. The molecule has 0 aliphatic carbocycles. The van der Waals surface area contributed by atoms with Crippen molar-refractivity contribution in [1.82, 2.24) is 4.31 Å². The summed E-state index contributed by atoms with van der Waals surface area (Å²) in [4.78, 5) is 10.9. The predicted octanol–water partition coefficient (Wildman–Crippen LogP) is 1.42. The fraction of sp³-hybridized carbons (Fsp3) is 0.417. The molecule has 0 aliphatic heterocycles. The summed E-state index contributed by atoms with van der Waals surface area (Å²) in [5.74, 6) is -1.10. The summed E-state index contributed by atoms with van der Waals surface area (Å²) < 4.78 is 25.5. The molecular formula is C12H17NO4S. The van der Waals surface area contributed by atoms with Gasteiger partial charge in [0.1, 0.15) is 6.54 Å². The highest BCUT2D eigenvalue weighted by Gasteiger charge is 2.26. The van der Waals surface area contributed by atoms with Crippen LogP contribution in [-0.2, 0) is 14.8 Å². The monoisotopic (exact) mass is 271 g/mol. The minimum atomic E-state index is -3.74. The maximum Gasteiger partial charge on any atom is 0.318 e. The molecule has 6 heteroatoms. The summed E-state index contributed by atoms with van der Waals surface area (Å²) in [6.07, 6.45) is 0. The molecule has 100 valence electrons. The molecule has 0 fully saturated rings. The number of rotatable bonds is 6. The summed E-state index contributed by atoms with van der Waals surface area (Å²) in [5, 5.41) is 8.80. The molecule has 0 atom stereocenters. The number of carboxylic acid groups (broad SMARTS) is 1. The first-order chi connectivity index (χ1) is 8.34. The van der Waals surface area contributed by atoms with E-state index in [-0.39, 0.29) is 17.4 Å². The van der Waals surface area contributed by atoms with Crippen molar-refractivity contribution in [1.29, 1.82) is 0 Å². The zero-order valence-electron chi connectivity index (χ0n) is 10.4. The van der Waals surface area contributed by atoms with Gasteiger partial charge in [0.05, 0.1) is 4.90 Å². The van der Waals surface area contributed by atoms with Crippen LogP contribution in [0.1, 0.15) is 13.8 Å². The molecule has 5 nitrogen and oxygen atoms in total. The van der Waals surface area contributed by atoms with Crippen LogP contribution in [0.25, 0.3) is 0 Å². The lowest BCUT2D eigenvalue weighted by molar-refractivity contribution is -0.137. The van der Waals surface area contributed by atoms with Crippen molar-refractivity contribution in [3.8, 4) is 0 Å². The molecule has 0 heterocycles. The molecule has 0 saturated carbocycles. The van der Waals surface area contributed by atoms with E-state index in [0.717, 1.165) is 4.31 Å². The highest BCUT2D eigenvalue weighted by Crippen LogP contribution is 2.16. The Balaban J connectivity index is 3.07. The number of aliphatic carboxylic acids is 1. The van der Waals surface area contributed by atoms with Crippen molar-refractivity contribution in [2.45, 2.75) is 18.7 Å². The Labute approximate surface area is 107 Å². The van der Waals surface area contributed by atoms with Gasteiger partial charge in [0.25, 0.3) is 0 Å². The third-order valence-electron chi connectivity index (χ3n) is 2.26. The molecular weight excluding hydrogens is 254 g/mol. The first-order valence-electron chi connectivity index (χ1n) is 5.61. The van der Waals surface area contributed by atoms with Crippen LogP contribution in [0.15, 0.2) is 35.2 Å². The van der Waals surface area contributed by atoms with Crippen LogP contribution < -0.4 is 0 Å². The fourth-order valence-electron chi connectivity index (χ4n) is 1.55. The van der Waals surface area contributed by atoms with Gasteiger partial charge < -0.3 is 5.11 Å². The average molecular weight is 271 g/mol. The van der Waals surface area contributed by atoms with Gasteiger partial charge in [0.15, 0.2) is 0 Å². The molecule has 1 N–H and O–H groups in total. The lowest BCUT2D eigenvalue weighted by atomic mass is 10.2. The second-order valence-corrected chi connectivity index (χ2v) is 6.34. The number of carbonyl (C=O) groups is 1. The van der Waals surface area contributed by atoms with Gasteiger partial charge in [-0.2, -0.15) is 4.31 Å². The van der Waals surface area contributed by atoms with E-state index in [4.69, 9.17) is 5.11 Å². The molecule has 0 bridgehead atoms. The normalized spacial score (nSPS) is 12.0. The van der Waals surface area contributed by atoms with E-state index in [1.807, 2.05) is 13.8 Å². The summed E-state index contributed by atoms with van der Waals surface area (Å²) >= 11 is 0. The fourth-order valence-corrected chi connectivity index (χ4v) is 3.12. The molecule has 0 amide bonds. The molecule has 18 heavy (non-hydrogen) atoms. The van der Waals surface area contributed by atoms with Gasteiger partial charge in [-0.1, -0.05) is 32.0 Å².